The number of anilines is 1. The second-order valence-corrected chi connectivity index (χ2v) is 13.9. The zero-order valence-corrected chi connectivity index (χ0v) is 27.3. The summed E-state index contributed by atoms with van der Waals surface area (Å²) in [6.45, 7) is 4.03. The number of benzene rings is 2. The molecule has 1 amide bonds. The molecule has 0 radical (unpaired) electrons. The number of carbonyl (C=O) groups is 2. The lowest BCUT2D eigenvalue weighted by Crippen LogP contribution is -2.51. The van der Waals surface area contributed by atoms with Crippen LogP contribution >= 0.6 is 11.6 Å². The van der Waals surface area contributed by atoms with Gasteiger partial charge in [0.15, 0.2) is 5.60 Å². The predicted octanol–water partition coefficient (Wildman–Crippen LogP) is 5.01. The molecule has 2 aromatic rings. The number of aliphatic hydroxyl groups excluding tert-OH is 1. The fourth-order valence-electron chi connectivity index (χ4n) is 8.19. The van der Waals surface area contributed by atoms with Crippen molar-refractivity contribution >= 4 is 29.2 Å². The molecule has 8 nitrogen and oxygen atoms in total. The van der Waals surface area contributed by atoms with Crippen LogP contribution in [-0.4, -0.2) is 73.5 Å². The fourth-order valence-corrected chi connectivity index (χ4v) is 8.39. The van der Waals surface area contributed by atoms with E-state index in [2.05, 4.69) is 17.0 Å². The number of nitrogens with zero attached hydrogens (tertiary/aromatic N) is 2. The molecular formula is C36H45ClN2O6. The molecule has 2 aliphatic carbocycles. The van der Waals surface area contributed by atoms with Gasteiger partial charge in [0.1, 0.15) is 5.75 Å². The van der Waals surface area contributed by atoms with Crippen molar-refractivity contribution in [2.75, 3.05) is 45.3 Å². The van der Waals surface area contributed by atoms with Gasteiger partial charge in [-0.15, -0.1) is 0 Å². The molecule has 0 saturated heterocycles. The second kappa shape index (κ2) is 12.6. The minimum absolute atomic E-state index is 0.120. The van der Waals surface area contributed by atoms with Gasteiger partial charge in [-0.05, 0) is 97.7 Å². The van der Waals surface area contributed by atoms with E-state index in [-0.39, 0.29) is 29.6 Å². The summed E-state index contributed by atoms with van der Waals surface area (Å²) < 4.78 is 11.8. The topological polar surface area (TPSA) is 99.5 Å². The lowest BCUT2D eigenvalue weighted by molar-refractivity contribution is -0.176. The van der Waals surface area contributed by atoms with E-state index in [0.717, 1.165) is 42.8 Å². The molecule has 2 aromatic carbocycles. The van der Waals surface area contributed by atoms with Crippen LogP contribution in [0.4, 0.5) is 5.69 Å². The molecule has 6 rings (SSSR count). The Balaban J connectivity index is 1.50. The zero-order chi connectivity index (χ0) is 31.9. The quantitative estimate of drug-likeness (QED) is 0.353. The van der Waals surface area contributed by atoms with Crippen molar-refractivity contribution in [3.05, 3.63) is 70.3 Å². The van der Waals surface area contributed by atoms with E-state index >= 15 is 0 Å². The first-order valence-electron chi connectivity index (χ1n) is 16.3. The number of aryl methyl sites for hydroxylation is 1. The summed E-state index contributed by atoms with van der Waals surface area (Å²) in [5.41, 5.74) is 1.08. The van der Waals surface area contributed by atoms with Gasteiger partial charge in [-0.2, -0.15) is 0 Å². The predicted molar refractivity (Wildman–Crippen MR) is 174 cm³/mol. The SMILES string of the molecule is CC[C@H]1C(=O)N(C)CC/C=C\[C@H](O)[C@@H]2CC[C@H]2CN2C[C@@]3(CCCc4cc(Cl)ccc43)COc3ccc(cc32)[C@@]1(O)C(=O)OC. The van der Waals surface area contributed by atoms with Crippen LogP contribution in [0.25, 0.3) is 0 Å². The number of esters is 1. The summed E-state index contributed by atoms with van der Waals surface area (Å²) >= 11 is 6.43. The van der Waals surface area contributed by atoms with E-state index in [1.807, 2.05) is 30.4 Å². The van der Waals surface area contributed by atoms with E-state index in [0.29, 0.717) is 44.0 Å². The highest BCUT2D eigenvalue weighted by Gasteiger charge is 2.51. The Morgan fingerprint density at radius 3 is 2.76 bits per heavy atom. The Hall–Kier alpha value is -3.07. The molecule has 0 aromatic heterocycles. The van der Waals surface area contributed by atoms with Crippen LogP contribution < -0.4 is 9.64 Å². The molecule has 2 aliphatic heterocycles. The van der Waals surface area contributed by atoms with Crippen molar-refractivity contribution in [3.8, 4) is 5.75 Å². The van der Waals surface area contributed by atoms with E-state index in [9.17, 15) is 19.8 Å². The molecule has 4 aliphatic rings. The molecular weight excluding hydrogens is 592 g/mol. The van der Waals surface area contributed by atoms with Crippen LogP contribution in [-0.2, 0) is 31.8 Å². The van der Waals surface area contributed by atoms with Crippen LogP contribution in [0.1, 0.15) is 62.1 Å². The smallest absolute Gasteiger partial charge is 0.343 e. The summed E-state index contributed by atoms with van der Waals surface area (Å²) in [7, 11) is 2.92. The Morgan fingerprint density at radius 2 is 2.02 bits per heavy atom. The molecule has 0 unspecified atom stereocenters. The van der Waals surface area contributed by atoms with Gasteiger partial charge in [-0.1, -0.05) is 42.8 Å². The number of carbonyl (C=O) groups excluding carboxylic acids is 2. The lowest BCUT2D eigenvalue weighted by atomic mass is 9.68. The number of aliphatic hydroxyl groups is 2. The van der Waals surface area contributed by atoms with Crippen molar-refractivity contribution in [1.29, 1.82) is 0 Å². The summed E-state index contributed by atoms with van der Waals surface area (Å²) in [6, 6.07) is 11.5. The standard InChI is InChI=1S/C36H45ClN2O6/c1-4-28-33(41)38(2)17-6-5-9-31(40)27-13-10-24(27)20-39-21-35(16-7-8-23-18-26(37)12-14-29(23)35)22-45-32-15-11-25(19-30(32)39)36(28,43)34(42)44-3/h5,9,11-12,14-15,18-19,24,27-28,31,40,43H,4,6-8,10,13,16-17,20-22H2,1-3H3/b9-5-/t24-,27+,28-,31-,35-,36-/m0/s1. The third-order valence-corrected chi connectivity index (χ3v) is 11.1. The monoisotopic (exact) mass is 636 g/mol. The van der Waals surface area contributed by atoms with Gasteiger partial charge in [-0.25, -0.2) is 4.79 Å². The van der Waals surface area contributed by atoms with Crippen LogP contribution in [0.3, 0.4) is 0 Å². The van der Waals surface area contributed by atoms with E-state index in [1.165, 1.54) is 18.2 Å². The highest BCUT2D eigenvalue weighted by Crippen LogP contribution is 2.48. The van der Waals surface area contributed by atoms with Crippen molar-refractivity contribution in [2.24, 2.45) is 17.8 Å². The molecule has 2 heterocycles. The number of fused-ring (bicyclic) bond motifs is 4. The summed E-state index contributed by atoms with van der Waals surface area (Å²) in [5.74, 6) is -1.23. The second-order valence-electron chi connectivity index (χ2n) is 13.5. The number of hydrogen-bond acceptors (Lipinski definition) is 7. The Morgan fingerprint density at radius 1 is 1.20 bits per heavy atom. The van der Waals surface area contributed by atoms with E-state index in [1.54, 1.807) is 24.9 Å². The number of rotatable bonds is 2. The van der Waals surface area contributed by atoms with Gasteiger partial charge in [-0.3, -0.25) is 4.79 Å². The van der Waals surface area contributed by atoms with Gasteiger partial charge in [0.2, 0.25) is 5.91 Å². The largest absolute Gasteiger partial charge is 0.490 e. The average molecular weight is 637 g/mol. The lowest BCUT2D eigenvalue weighted by Gasteiger charge is -2.45. The number of halogens is 1. The zero-order valence-electron chi connectivity index (χ0n) is 26.5. The van der Waals surface area contributed by atoms with Gasteiger partial charge >= 0.3 is 5.97 Å². The van der Waals surface area contributed by atoms with Crippen LogP contribution in [0.15, 0.2) is 48.6 Å². The maximum absolute atomic E-state index is 13.8. The maximum Gasteiger partial charge on any atom is 0.343 e. The molecule has 2 bridgehead atoms. The summed E-state index contributed by atoms with van der Waals surface area (Å²) in [5, 5.41) is 24.2. The summed E-state index contributed by atoms with van der Waals surface area (Å²) in [6.07, 6.45) is 8.88. The number of methoxy groups -OCH3 is 1. The van der Waals surface area contributed by atoms with Gasteiger partial charge < -0.3 is 29.5 Å². The summed E-state index contributed by atoms with van der Waals surface area (Å²) in [4.78, 5) is 31.2. The van der Waals surface area contributed by atoms with E-state index in [4.69, 9.17) is 21.1 Å². The maximum atomic E-state index is 13.8. The molecule has 2 N–H and O–H groups in total. The van der Waals surface area contributed by atoms with Crippen LogP contribution in [0.2, 0.25) is 5.02 Å². The third kappa shape index (κ3) is 5.63. The Labute approximate surface area is 270 Å². The fraction of sp³-hybridized carbons (Fsp3) is 0.556. The van der Waals surface area contributed by atoms with Gasteiger partial charge in [0.05, 0.1) is 31.4 Å². The van der Waals surface area contributed by atoms with Gasteiger partial charge in [0, 0.05) is 37.1 Å². The van der Waals surface area contributed by atoms with Crippen LogP contribution in [0, 0.1) is 17.8 Å². The molecule has 9 heteroatoms. The van der Waals surface area contributed by atoms with Crippen molar-refractivity contribution in [1.82, 2.24) is 4.90 Å². The van der Waals surface area contributed by atoms with Crippen molar-refractivity contribution < 1.29 is 29.3 Å². The first-order chi connectivity index (χ1) is 21.6. The van der Waals surface area contributed by atoms with Crippen LogP contribution in [0.5, 0.6) is 5.75 Å². The number of amides is 1. The Bertz CT molecular complexity index is 1480. The minimum Gasteiger partial charge on any atom is -0.490 e. The highest BCUT2D eigenvalue weighted by molar-refractivity contribution is 6.30. The normalized spacial score (nSPS) is 32.4. The molecule has 6 atom stereocenters. The Kier molecular flexibility index (Phi) is 8.94. The molecule has 45 heavy (non-hydrogen) atoms. The van der Waals surface area contributed by atoms with E-state index < -0.39 is 23.6 Å². The third-order valence-electron chi connectivity index (χ3n) is 10.9. The molecule has 1 spiro atoms. The average Bonchev–Trinajstić information content (AvgIpc) is 3.17. The van der Waals surface area contributed by atoms with Gasteiger partial charge in [0.25, 0.3) is 0 Å². The number of ether oxygens (including phenoxy) is 2. The first-order valence-corrected chi connectivity index (χ1v) is 16.7. The van der Waals surface area contributed by atoms with Crippen molar-refractivity contribution in [3.63, 3.8) is 0 Å². The molecule has 242 valence electrons. The molecule has 1 saturated carbocycles. The highest BCUT2D eigenvalue weighted by atomic mass is 35.5. The minimum atomic E-state index is -2.20. The molecule has 1 fully saturated rings. The first kappa shape index (κ1) is 31.9. The number of hydrogen-bond donors (Lipinski definition) is 2. The van der Waals surface area contributed by atoms with Crippen molar-refractivity contribution in [2.45, 2.75) is 69.0 Å².